The summed E-state index contributed by atoms with van der Waals surface area (Å²) in [7, 11) is 0. The van der Waals surface area contributed by atoms with Crippen molar-refractivity contribution in [3.63, 3.8) is 0 Å². The Morgan fingerprint density at radius 2 is 1.96 bits per heavy atom. The van der Waals surface area contributed by atoms with E-state index in [9.17, 15) is 9.59 Å². The van der Waals surface area contributed by atoms with Crippen LogP contribution >= 0.6 is 15.9 Å². The van der Waals surface area contributed by atoms with Crippen molar-refractivity contribution >= 4 is 39.1 Å². The van der Waals surface area contributed by atoms with Crippen LogP contribution in [0.15, 0.2) is 46.9 Å². The van der Waals surface area contributed by atoms with E-state index in [1.165, 1.54) is 0 Å². The van der Waals surface area contributed by atoms with Crippen molar-refractivity contribution < 1.29 is 14.3 Å². The molecule has 0 aliphatic carbocycles. The van der Waals surface area contributed by atoms with Crippen LogP contribution in [0.5, 0.6) is 5.75 Å². The molecule has 1 heterocycles. The number of anilines is 2. The number of nitrogens with zero attached hydrogens (tertiary/aromatic N) is 1. The number of hydrogen-bond donors (Lipinski definition) is 1. The molecular weight excluding hydrogens is 384 g/mol. The van der Waals surface area contributed by atoms with Crippen LogP contribution in [0.3, 0.4) is 0 Å². The molecule has 0 aromatic heterocycles. The van der Waals surface area contributed by atoms with Gasteiger partial charge in [0.15, 0.2) is 6.61 Å². The number of carbonyl (C=O) groups is 2. The summed E-state index contributed by atoms with van der Waals surface area (Å²) in [5.74, 6) is 0.345. The number of fused-ring (bicyclic) bond motifs is 1. The van der Waals surface area contributed by atoms with Crippen molar-refractivity contribution in [2.45, 2.75) is 20.4 Å². The van der Waals surface area contributed by atoms with Crippen LogP contribution in [-0.2, 0) is 16.1 Å². The van der Waals surface area contributed by atoms with E-state index in [1.54, 1.807) is 23.1 Å². The summed E-state index contributed by atoms with van der Waals surface area (Å²) >= 11 is 3.41. The molecule has 2 aromatic carbocycles. The minimum atomic E-state index is -0.118. The minimum Gasteiger partial charge on any atom is -0.482 e. The van der Waals surface area contributed by atoms with E-state index < -0.39 is 0 Å². The zero-order chi connectivity index (χ0) is 18.0. The lowest BCUT2D eigenvalue weighted by Gasteiger charge is -2.30. The molecule has 5 nitrogen and oxygen atoms in total. The monoisotopic (exact) mass is 402 g/mol. The van der Waals surface area contributed by atoms with Gasteiger partial charge in [-0.05, 0) is 35.9 Å². The first-order valence-corrected chi connectivity index (χ1v) is 8.86. The number of halogens is 1. The second kappa shape index (κ2) is 7.27. The van der Waals surface area contributed by atoms with E-state index in [-0.39, 0.29) is 24.3 Å². The van der Waals surface area contributed by atoms with Crippen LogP contribution in [0, 0.1) is 5.92 Å². The summed E-state index contributed by atoms with van der Waals surface area (Å²) in [6.45, 7) is 4.13. The highest BCUT2D eigenvalue weighted by Gasteiger charge is 2.26. The largest absolute Gasteiger partial charge is 0.482 e. The minimum absolute atomic E-state index is 0.0151. The fourth-order valence-electron chi connectivity index (χ4n) is 2.51. The molecule has 1 N–H and O–H groups in total. The third kappa shape index (κ3) is 4.02. The Morgan fingerprint density at radius 3 is 2.64 bits per heavy atom. The first-order valence-electron chi connectivity index (χ1n) is 8.06. The molecule has 25 heavy (non-hydrogen) atoms. The van der Waals surface area contributed by atoms with Gasteiger partial charge in [0.2, 0.25) is 5.91 Å². The second-order valence-corrected chi connectivity index (χ2v) is 7.14. The summed E-state index contributed by atoms with van der Waals surface area (Å²) in [5.41, 5.74) is 2.33. The SMILES string of the molecule is CC(C)C(=O)Nc1ccc2c(c1)N(Cc1ccc(Br)cc1)C(=O)CO2. The molecule has 0 spiro atoms. The van der Waals surface area contributed by atoms with Gasteiger partial charge in [-0.25, -0.2) is 0 Å². The highest BCUT2D eigenvalue weighted by Crippen LogP contribution is 2.35. The number of nitrogens with one attached hydrogen (secondary N) is 1. The first kappa shape index (κ1) is 17.5. The number of ether oxygens (including phenoxy) is 1. The lowest BCUT2D eigenvalue weighted by Crippen LogP contribution is -2.38. The average molecular weight is 403 g/mol. The molecule has 6 heteroatoms. The molecule has 0 radical (unpaired) electrons. The van der Waals surface area contributed by atoms with Crippen molar-refractivity contribution in [3.05, 3.63) is 52.5 Å². The van der Waals surface area contributed by atoms with E-state index in [2.05, 4.69) is 21.2 Å². The van der Waals surface area contributed by atoms with Gasteiger partial charge in [0.05, 0.1) is 12.2 Å². The number of benzene rings is 2. The Hall–Kier alpha value is -2.34. The molecule has 1 aliphatic rings. The fraction of sp³-hybridized carbons (Fsp3) is 0.263. The van der Waals surface area contributed by atoms with E-state index in [1.807, 2.05) is 38.1 Å². The maximum atomic E-state index is 12.4. The number of rotatable bonds is 4. The maximum absolute atomic E-state index is 12.4. The third-order valence-corrected chi connectivity index (χ3v) is 4.48. The Bertz CT molecular complexity index is 803. The van der Waals surface area contributed by atoms with Crippen LogP contribution in [0.4, 0.5) is 11.4 Å². The number of carbonyl (C=O) groups excluding carboxylic acids is 2. The topological polar surface area (TPSA) is 58.6 Å². The number of amides is 2. The molecule has 0 fully saturated rings. The second-order valence-electron chi connectivity index (χ2n) is 6.22. The molecule has 0 atom stereocenters. The average Bonchev–Trinajstić information content (AvgIpc) is 2.59. The van der Waals surface area contributed by atoms with Gasteiger partial charge in [-0.15, -0.1) is 0 Å². The summed E-state index contributed by atoms with van der Waals surface area (Å²) in [6, 6.07) is 13.2. The van der Waals surface area contributed by atoms with Crippen molar-refractivity contribution in [1.82, 2.24) is 0 Å². The summed E-state index contributed by atoms with van der Waals surface area (Å²) in [4.78, 5) is 26.0. The van der Waals surface area contributed by atoms with E-state index in [4.69, 9.17) is 4.74 Å². The van der Waals surface area contributed by atoms with Crippen LogP contribution in [0.1, 0.15) is 19.4 Å². The standard InChI is InChI=1S/C19H19BrN2O3/c1-12(2)19(24)21-15-7-8-17-16(9-15)22(18(23)11-25-17)10-13-3-5-14(20)6-4-13/h3-9,12H,10-11H2,1-2H3,(H,21,24). The van der Waals surface area contributed by atoms with Gasteiger partial charge in [-0.1, -0.05) is 41.9 Å². The van der Waals surface area contributed by atoms with Crippen molar-refractivity contribution in [3.8, 4) is 5.75 Å². The van der Waals surface area contributed by atoms with E-state index in [0.717, 1.165) is 10.0 Å². The predicted octanol–water partition coefficient (Wildman–Crippen LogP) is 3.97. The Kier molecular flexibility index (Phi) is 5.08. The smallest absolute Gasteiger partial charge is 0.265 e. The van der Waals surface area contributed by atoms with Crippen molar-refractivity contribution in [1.29, 1.82) is 0 Å². The van der Waals surface area contributed by atoms with Crippen LogP contribution in [0.25, 0.3) is 0 Å². The Balaban J connectivity index is 1.89. The van der Waals surface area contributed by atoms with Gasteiger partial charge < -0.3 is 15.0 Å². The fourth-order valence-corrected chi connectivity index (χ4v) is 2.78. The molecule has 0 saturated heterocycles. The van der Waals surface area contributed by atoms with Crippen molar-refractivity contribution in [2.24, 2.45) is 5.92 Å². The first-order chi connectivity index (χ1) is 11.9. The third-order valence-electron chi connectivity index (χ3n) is 3.95. The van der Waals surface area contributed by atoms with Crippen LogP contribution < -0.4 is 15.0 Å². The Morgan fingerprint density at radius 1 is 1.24 bits per heavy atom. The predicted molar refractivity (Wildman–Crippen MR) is 101 cm³/mol. The van der Waals surface area contributed by atoms with Gasteiger partial charge >= 0.3 is 0 Å². The van der Waals surface area contributed by atoms with Gasteiger partial charge in [0.1, 0.15) is 5.75 Å². The van der Waals surface area contributed by atoms with E-state index in [0.29, 0.717) is 23.7 Å². The number of hydrogen-bond acceptors (Lipinski definition) is 3. The summed E-state index contributed by atoms with van der Waals surface area (Å²) in [6.07, 6.45) is 0. The van der Waals surface area contributed by atoms with Crippen LogP contribution in [0.2, 0.25) is 0 Å². The van der Waals surface area contributed by atoms with Gasteiger partial charge in [-0.2, -0.15) is 0 Å². The van der Waals surface area contributed by atoms with Gasteiger partial charge in [0, 0.05) is 16.1 Å². The normalized spacial score (nSPS) is 13.4. The lowest BCUT2D eigenvalue weighted by molar-refractivity contribution is -0.121. The summed E-state index contributed by atoms with van der Waals surface area (Å²) in [5, 5.41) is 2.86. The van der Waals surface area contributed by atoms with Crippen molar-refractivity contribution in [2.75, 3.05) is 16.8 Å². The van der Waals surface area contributed by atoms with E-state index >= 15 is 0 Å². The molecule has 0 bridgehead atoms. The summed E-state index contributed by atoms with van der Waals surface area (Å²) < 4.78 is 6.51. The van der Waals surface area contributed by atoms with Gasteiger partial charge in [-0.3, -0.25) is 9.59 Å². The van der Waals surface area contributed by atoms with Crippen LogP contribution in [-0.4, -0.2) is 18.4 Å². The Labute approximate surface area is 155 Å². The maximum Gasteiger partial charge on any atom is 0.265 e. The molecular formula is C19H19BrN2O3. The highest BCUT2D eigenvalue weighted by atomic mass is 79.9. The molecule has 0 saturated carbocycles. The molecule has 130 valence electrons. The molecule has 0 unspecified atom stereocenters. The molecule has 2 amide bonds. The zero-order valence-corrected chi connectivity index (χ0v) is 15.7. The zero-order valence-electron chi connectivity index (χ0n) is 14.1. The lowest BCUT2D eigenvalue weighted by atomic mass is 10.1. The molecule has 2 aromatic rings. The quantitative estimate of drug-likeness (QED) is 0.841. The van der Waals surface area contributed by atoms with Gasteiger partial charge in [0.25, 0.3) is 5.91 Å². The molecule has 3 rings (SSSR count). The highest BCUT2D eigenvalue weighted by molar-refractivity contribution is 9.10. The molecule has 1 aliphatic heterocycles.